The number of anilines is 1. The van der Waals surface area contributed by atoms with Crippen LogP contribution in [-0.4, -0.2) is 18.3 Å². The van der Waals surface area contributed by atoms with Crippen LogP contribution in [0.1, 0.15) is 5.56 Å². The molecule has 4 nitrogen and oxygen atoms in total. The molecular weight excluding hydrogens is 166 g/mol. The molecule has 4 heteroatoms. The van der Waals surface area contributed by atoms with Crippen molar-refractivity contribution >= 4 is 17.8 Å². The highest BCUT2D eigenvalue weighted by Gasteiger charge is 2.17. The zero-order valence-electron chi connectivity index (χ0n) is 6.90. The summed E-state index contributed by atoms with van der Waals surface area (Å²) in [6.45, 7) is 0. The average Bonchev–Trinajstić information content (AvgIpc) is 2.17. The molecule has 1 unspecified atom stereocenters. The Morgan fingerprint density at radius 1 is 1.46 bits per heavy atom. The molecule has 1 atom stereocenters. The van der Waals surface area contributed by atoms with Gasteiger partial charge in [0, 0.05) is 17.5 Å². The van der Waals surface area contributed by atoms with Crippen molar-refractivity contribution in [2.45, 2.75) is 6.17 Å². The van der Waals surface area contributed by atoms with Gasteiger partial charge in [-0.1, -0.05) is 18.2 Å². The summed E-state index contributed by atoms with van der Waals surface area (Å²) in [5.74, 6) is -0.467. The van der Waals surface area contributed by atoms with Crippen LogP contribution in [0.3, 0.4) is 0 Å². The Balaban J connectivity index is 2.34. The number of amides is 1. The summed E-state index contributed by atoms with van der Waals surface area (Å²) in [5, 5.41) is 2.92. The maximum Gasteiger partial charge on any atom is 0.262 e. The number of aliphatic imine (C=N–C) groups is 1. The summed E-state index contributed by atoms with van der Waals surface area (Å²) < 4.78 is 0. The number of rotatable bonds is 1. The van der Waals surface area contributed by atoms with Crippen LogP contribution in [0.4, 0.5) is 5.69 Å². The molecule has 0 fully saturated rings. The van der Waals surface area contributed by atoms with E-state index in [2.05, 4.69) is 10.3 Å². The van der Waals surface area contributed by atoms with Gasteiger partial charge in [0.15, 0.2) is 6.17 Å². The van der Waals surface area contributed by atoms with Crippen LogP contribution in [0, 0.1) is 0 Å². The molecule has 0 saturated heterocycles. The second-order valence-corrected chi connectivity index (χ2v) is 2.81. The summed E-state index contributed by atoms with van der Waals surface area (Å²) in [4.78, 5) is 14.8. The van der Waals surface area contributed by atoms with Gasteiger partial charge in [-0.15, -0.1) is 0 Å². The molecule has 0 spiro atoms. The molecule has 1 aromatic rings. The van der Waals surface area contributed by atoms with Gasteiger partial charge >= 0.3 is 0 Å². The molecule has 1 aliphatic rings. The molecule has 1 aromatic carbocycles. The summed E-state index contributed by atoms with van der Waals surface area (Å²) in [5.41, 5.74) is 6.97. The minimum atomic E-state index is -0.630. The van der Waals surface area contributed by atoms with Crippen molar-refractivity contribution in [1.82, 2.24) is 0 Å². The van der Waals surface area contributed by atoms with Crippen molar-refractivity contribution in [3.63, 3.8) is 0 Å². The average molecular weight is 175 g/mol. The number of hydrogen-bond donors (Lipinski definition) is 2. The van der Waals surface area contributed by atoms with E-state index in [4.69, 9.17) is 5.73 Å². The lowest BCUT2D eigenvalue weighted by atomic mass is 10.1. The van der Waals surface area contributed by atoms with Crippen LogP contribution in [-0.2, 0) is 4.79 Å². The summed E-state index contributed by atoms with van der Waals surface area (Å²) >= 11 is 0. The highest BCUT2D eigenvalue weighted by molar-refractivity contribution is 5.95. The fourth-order valence-corrected chi connectivity index (χ4v) is 1.23. The van der Waals surface area contributed by atoms with Crippen LogP contribution < -0.4 is 11.1 Å². The highest BCUT2D eigenvalue weighted by atomic mass is 16.1. The number of nitrogens with two attached hydrogens (primary N) is 1. The molecule has 13 heavy (non-hydrogen) atoms. The molecule has 0 bridgehead atoms. The third-order valence-electron chi connectivity index (χ3n) is 1.89. The minimum Gasteiger partial charge on any atom is -0.366 e. The largest absolute Gasteiger partial charge is 0.366 e. The SMILES string of the molecule is NC(=O)C1N=Cc2ccccc2N1. The molecule has 1 amide bonds. The van der Waals surface area contributed by atoms with Gasteiger partial charge in [-0.3, -0.25) is 9.79 Å². The monoisotopic (exact) mass is 175 g/mol. The second kappa shape index (κ2) is 2.90. The molecule has 0 aromatic heterocycles. The third-order valence-corrected chi connectivity index (χ3v) is 1.89. The Morgan fingerprint density at radius 2 is 2.23 bits per heavy atom. The van der Waals surface area contributed by atoms with Crippen molar-refractivity contribution in [1.29, 1.82) is 0 Å². The zero-order valence-corrected chi connectivity index (χ0v) is 6.90. The standard InChI is InChI=1S/C9H9N3O/c10-8(13)9-11-5-6-3-1-2-4-7(6)12-9/h1-5,9,12H,(H2,10,13). The summed E-state index contributed by atoms with van der Waals surface area (Å²) in [7, 11) is 0. The van der Waals surface area contributed by atoms with Gasteiger partial charge in [0.1, 0.15) is 0 Å². The number of hydrogen-bond acceptors (Lipinski definition) is 3. The first-order valence-electron chi connectivity index (χ1n) is 3.95. The van der Waals surface area contributed by atoms with Gasteiger partial charge in [-0.25, -0.2) is 0 Å². The van der Waals surface area contributed by atoms with Crippen LogP contribution in [0.2, 0.25) is 0 Å². The molecule has 1 heterocycles. The van der Waals surface area contributed by atoms with E-state index in [9.17, 15) is 4.79 Å². The number of fused-ring (bicyclic) bond motifs is 1. The van der Waals surface area contributed by atoms with Crippen molar-refractivity contribution in [2.75, 3.05) is 5.32 Å². The second-order valence-electron chi connectivity index (χ2n) is 2.81. The van der Waals surface area contributed by atoms with Gasteiger partial charge < -0.3 is 11.1 Å². The maximum atomic E-state index is 10.8. The molecule has 66 valence electrons. The normalized spacial score (nSPS) is 18.9. The van der Waals surface area contributed by atoms with Crippen LogP contribution in [0.25, 0.3) is 0 Å². The lowest BCUT2D eigenvalue weighted by Crippen LogP contribution is -2.35. The number of nitrogens with zero attached hydrogens (tertiary/aromatic N) is 1. The van der Waals surface area contributed by atoms with Gasteiger partial charge in [0.05, 0.1) is 0 Å². The van der Waals surface area contributed by atoms with Gasteiger partial charge in [0.25, 0.3) is 5.91 Å². The van der Waals surface area contributed by atoms with Gasteiger partial charge in [0.2, 0.25) is 0 Å². The van der Waals surface area contributed by atoms with E-state index in [0.29, 0.717) is 0 Å². The van der Waals surface area contributed by atoms with Crippen LogP contribution >= 0.6 is 0 Å². The topological polar surface area (TPSA) is 67.5 Å². The van der Waals surface area contributed by atoms with Gasteiger partial charge in [-0.05, 0) is 6.07 Å². The number of carbonyl (C=O) groups is 1. The number of carbonyl (C=O) groups excluding carboxylic acids is 1. The number of nitrogens with one attached hydrogen (secondary N) is 1. The fraction of sp³-hybridized carbons (Fsp3) is 0.111. The predicted octanol–water partition coefficient (Wildman–Crippen LogP) is 0.342. The van der Waals surface area contributed by atoms with Gasteiger partial charge in [-0.2, -0.15) is 0 Å². The van der Waals surface area contributed by atoms with Crippen molar-refractivity contribution in [3.05, 3.63) is 29.8 Å². The maximum absolute atomic E-state index is 10.8. The fourth-order valence-electron chi connectivity index (χ4n) is 1.23. The smallest absolute Gasteiger partial charge is 0.262 e. The van der Waals surface area contributed by atoms with E-state index in [1.165, 1.54) is 0 Å². The Morgan fingerprint density at radius 3 is 3.00 bits per heavy atom. The molecule has 0 radical (unpaired) electrons. The molecule has 2 rings (SSSR count). The predicted molar refractivity (Wildman–Crippen MR) is 50.6 cm³/mol. The van der Waals surface area contributed by atoms with E-state index < -0.39 is 12.1 Å². The van der Waals surface area contributed by atoms with Crippen molar-refractivity contribution < 1.29 is 4.79 Å². The van der Waals surface area contributed by atoms with E-state index >= 15 is 0 Å². The highest BCUT2D eigenvalue weighted by Crippen LogP contribution is 2.17. The number of primary amides is 1. The first-order chi connectivity index (χ1) is 6.27. The first-order valence-corrected chi connectivity index (χ1v) is 3.95. The zero-order chi connectivity index (χ0) is 9.26. The third kappa shape index (κ3) is 1.38. The lowest BCUT2D eigenvalue weighted by Gasteiger charge is -2.18. The van der Waals surface area contributed by atoms with E-state index in [0.717, 1.165) is 11.3 Å². The molecular formula is C9H9N3O. The van der Waals surface area contributed by atoms with Crippen LogP contribution in [0.5, 0.6) is 0 Å². The van der Waals surface area contributed by atoms with Crippen LogP contribution in [0.15, 0.2) is 29.3 Å². The van der Waals surface area contributed by atoms with E-state index in [-0.39, 0.29) is 0 Å². The molecule has 0 aliphatic carbocycles. The summed E-state index contributed by atoms with van der Waals surface area (Å²) in [6, 6.07) is 7.61. The van der Waals surface area contributed by atoms with E-state index in [1.54, 1.807) is 6.21 Å². The first kappa shape index (κ1) is 7.79. The Kier molecular flexibility index (Phi) is 1.73. The lowest BCUT2D eigenvalue weighted by molar-refractivity contribution is -0.118. The number of para-hydroxylation sites is 1. The Bertz CT molecular complexity index is 373. The Labute approximate surface area is 75.5 Å². The van der Waals surface area contributed by atoms with Crippen molar-refractivity contribution in [2.24, 2.45) is 10.7 Å². The molecule has 3 N–H and O–H groups in total. The quantitative estimate of drug-likeness (QED) is 0.646. The molecule has 1 aliphatic heterocycles. The number of benzene rings is 1. The van der Waals surface area contributed by atoms with Crippen molar-refractivity contribution in [3.8, 4) is 0 Å². The summed E-state index contributed by atoms with van der Waals surface area (Å²) in [6.07, 6.45) is 1.02. The molecule has 0 saturated carbocycles. The minimum absolute atomic E-state index is 0.467. The van der Waals surface area contributed by atoms with E-state index in [1.807, 2.05) is 24.3 Å². The Hall–Kier alpha value is -1.84.